The molecule has 0 bridgehead atoms. The lowest BCUT2D eigenvalue weighted by atomic mass is 10.1. The molecule has 0 atom stereocenters. The molecule has 1 aliphatic heterocycles. The van der Waals surface area contributed by atoms with Gasteiger partial charge in [0.15, 0.2) is 0 Å². The van der Waals surface area contributed by atoms with E-state index in [0.717, 1.165) is 55.1 Å². The minimum Gasteiger partial charge on any atom is -0.369 e. The van der Waals surface area contributed by atoms with Gasteiger partial charge in [-0.15, -0.1) is 0 Å². The van der Waals surface area contributed by atoms with Crippen LogP contribution >= 0.6 is 0 Å². The predicted molar refractivity (Wildman–Crippen MR) is 117 cm³/mol. The van der Waals surface area contributed by atoms with E-state index < -0.39 is 0 Å². The Hall–Kier alpha value is -2.57. The Morgan fingerprint density at radius 2 is 1.79 bits per heavy atom. The minimum atomic E-state index is 0.458. The fourth-order valence-corrected chi connectivity index (χ4v) is 2.57. The number of nitrogens with one attached hydrogen (secondary N) is 1. The molecule has 3 rings (SSSR count). The van der Waals surface area contributed by atoms with Gasteiger partial charge in [0.25, 0.3) is 0 Å². The van der Waals surface area contributed by atoms with E-state index in [1.165, 1.54) is 0 Å². The summed E-state index contributed by atoms with van der Waals surface area (Å²) >= 11 is 0. The number of carbonyl (C=O) groups excluding carboxylic acids is 1. The quantitative estimate of drug-likeness (QED) is 0.801. The number of likely N-dealkylation sites (N-methyl/N-ethyl adjacent to an activating group) is 2. The van der Waals surface area contributed by atoms with Crippen molar-refractivity contribution in [3.05, 3.63) is 54.9 Å². The number of hydrogen-bond acceptors (Lipinski definition) is 6. The number of nitrogens with zero attached hydrogens (tertiary/aromatic N) is 4. The van der Waals surface area contributed by atoms with E-state index in [4.69, 9.17) is 0 Å². The number of carbonyl (C=O) groups is 1. The second-order valence-electron chi connectivity index (χ2n) is 6.11. The highest BCUT2D eigenvalue weighted by Gasteiger charge is 2.16. The highest BCUT2D eigenvalue weighted by molar-refractivity contribution is 5.64. The normalized spacial score (nSPS) is 13.5. The highest BCUT2D eigenvalue weighted by atomic mass is 16.1. The summed E-state index contributed by atoms with van der Waals surface area (Å²) < 4.78 is 0. The molecule has 1 fully saturated rings. The second-order valence-corrected chi connectivity index (χ2v) is 6.11. The van der Waals surface area contributed by atoms with Crippen molar-refractivity contribution in [3.63, 3.8) is 0 Å². The lowest BCUT2D eigenvalue weighted by Gasteiger charge is -2.35. The van der Waals surface area contributed by atoms with Gasteiger partial charge in [-0.3, -0.25) is 9.97 Å². The summed E-state index contributed by atoms with van der Waals surface area (Å²) in [5.74, 6) is 0. The zero-order valence-corrected chi connectivity index (χ0v) is 17.6. The van der Waals surface area contributed by atoms with Crippen LogP contribution in [0, 0.1) is 0 Å². The summed E-state index contributed by atoms with van der Waals surface area (Å²) in [6.45, 7) is 12.9. The largest absolute Gasteiger partial charge is 0.369 e. The van der Waals surface area contributed by atoms with Crippen molar-refractivity contribution in [2.45, 2.75) is 13.8 Å². The maximum Gasteiger partial charge on any atom is 0.133 e. The summed E-state index contributed by atoms with van der Waals surface area (Å²) in [6, 6.07) is 9.95. The number of rotatable bonds is 5. The molecule has 6 nitrogen and oxygen atoms in total. The fourth-order valence-electron chi connectivity index (χ4n) is 2.57. The van der Waals surface area contributed by atoms with Gasteiger partial charge in [0.2, 0.25) is 0 Å². The van der Waals surface area contributed by atoms with Gasteiger partial charge < -0.3 is 19.9 Å². The first kappa shape index (κ1) is 23.5. The Kier molecular flexibility index (Phi) is 11.4. The average Bonchev–Trinajstić information content (AvgIpc) is 2.77. The summed E-state index contributed by atoms with van der Waals surface area (Å²) in [6.07, 6.45) is 4.50. The molecular formula is C22H33N5O. The van der Waals surface area contributed by atoms with Gasteiger partial charge in [-0.1, -0.05) is 26.5 Å². The molecule has 0 spiro atoms. The van der Waals surface area contributed by atoms with Crippen LogP contribution in [0.25, 0.3) is 17.1 Å². The topological polar surface area (TPSA) is 61.4 Å². The van der Waals surface area contributed by atoms with Crippen molar-refractivity contribution in [3.8, 4) is 11.4 Å². The smallest absolute Gasteiger partial charge is 0.133 e. The molecule has 2 aromatic heterocycles. The van der Waals surface area contributed by atoms with Crippen molar-refractivity contribution < 1.29 is 4.79 Å². The van der Waals surface area contributed by atoms with E-state index in [2.05, 4.69) is 44.8 Å². The molecule has 152 valence electrons. The van der Waals surface area contributed by atoms with E-state index in [9.17, 15) is 4.79 Å². The maximum absolute atomic E-state index is 9.34. The third-order valence-electron chi connectivity index (χ3n) is 4.20. The molecular weight excluding hydrogens is 350 g/mol. The molecule has 0 aliphatic carbocycles. The van der Waals surface area contributed by atoms with Crippen LogP contribution in [0.15, 0.2) is 49.3 Å². The molecule has 1 N–H and O–H groups in total. The van der Waals surface area contributed by atoms with Crippen molar-refractivity contribution in [1.29, 1.82) is 0 Å². The highest BCUT2D eigenvalue weighted by Crippen LogP contribution is 2.20. The summed E-state index contributed by atoms with van der Waals surface area (Å²) in [5.41, 5.74) is 3.93. The molecule has 0 unspecified atom stereocenters. The van der Waals surface area contributed by atoms with E-state index in [-0.39, 0.29) is 0 Å². The number of aromatic nitrogens is 2. The summed E-state index contributed by atoms with van der Waals surface area (Å²) in [4.78, 5) is 22.9. The number of aldehydes is 1. The predicted octanol–water partition coefficient (Wildman–Crippen LogP) is 2.79. The molecule has 1 aliphatic rings. The zero-order valence-electron chi connectivity index (χ0n) is 17.6. The third-order valence-corrected chi connectivity index (χ3v) is 4.20. The number of hydrogen-bond donors (Lipinski definition) is 1. The van der Waals surface area contributed by atoms with Crippen molar-refractivity contribution in [2.75, 3.05) is 46.8 Å². The van der Waals surface area contributed by atoms with Gasteiger partial charge in [0, 0.05) is 49.8 Å². The van der Waals surface area contributed by atoms with Crippen molar-refractivity contribution >= 4 is 12.0 Å². The Labute approximate surface area is 169 Å². The standard InChI is InChI=1S/C17H20N4.C3H7NO.C2H6/c1-14(21-11-9-20(2)10-12-21)15-6-7-17(19-13-15)16-5-3-4-8-18-16;1-4-2-3-5;1-2/h3-8,13H,1,9-12H2,2H3;3-4H,2H2,1H3;1-2H3. The lowest BCUT2D eigenvalue weighted by molar-refractivity contribution is -0.107. The molecule has 0 saturated carbocycles. The van der Waals surface area contributed by atoms with Gasteiger partial charge in [0.1, 0.15) is 6.29 Å². The summed E-state index contributed by atoms with van der Waals surface area (Å²) in [5, 5.41) is 2.65. The molecule has 0 radical (unpaired) electrons. The van der Waals surface area contributed by atoms with Crippen molar-refractivity contribution in [1.82, 2.24) is 25.1 Å². The zero-order chi connectivity index (χ0) is 20.8. The summed E-state index contributed by atoms with van der Waals surface area (Å²) in [7, 11) is 3.89. The SMILES string of the molecule is C=C(c1ccc(-c2ccccn2)nc1)N1CCN(C)CC1.CC.CNCC=O. The van der Waals surface area contributed by atoms with Crippen LogP contribution in [0.1, 0.15) is 19.4 Å². The van der Waals surface area contributed by atoms with Crippen LogP contribution in [-0.2, 0) is 4.79 Å². The van der Waals surface area contributed by atoms with Gasteiger partial charge in [-0.25, -0.2) is 0 Å². The average molecular weight is 384 g/mol. The molecule has 6 heteroatoms. The monoisotopic (exact) mass is 383 g/mol. The first-order valence-corrected chi connectivity index (χ1v) is 9.74. The number of pyridine rings is 2. The molecule has 28 heavy (non-hydrogen) atoms. The van der Waals surface area contributed by atoms with Gasteiger partial charge in [-0.2, -0.15) is 0 Å². The van der Waals surface area contributed by atoms with E-state index in [0.29, 0.717) is 6.54 Å². The Morgan fingerprint density at radius 1 is 1.11 bits per heavy atom. The lowest BCUT2D eigenvalue weighted by Crippen LogP contribution is -2.43. The first-order valence-electron chi connectivity index (χ1n) is 9.74. The van der Waals surface area contributed by atoms with Crippen LogP contribution in [0.4, 0.5) is 0 Å². The van der Waals surface area contributed by atoms with Crippen LogP contribution in [0.2, 0.25) is 0 Å². The minimum absolute atomic E-state index is 0.458. The first-order chi connectivity index (χ1) is 13.7. The molecule has 0 amide bonds. The van der Waals surface area contributed by atoms with Gasteiger partial charge >= 0.3 is 0 Å². The van der Waals surface area contributed by atoms with E-state index >= 15 is 0 Å². The van der Waals surface area contributed by atoms with Crippen LogP contribution in [0.3, 0.4) is 0 Å². The molecule has 3 heterocycles. The van der Waals surface area contributed by atoms with Crippen LogP contribution in [-0.4, -0.2) is 72.9 Å². The van der Waals surface area contributed by atoms with Gasteiger partial charge in [0.05, 0.1) is 17.9 Å². The number of piperazine rings is 1. The second kappa shape index (κ2) is 13.6. The Bertz CT molecular complexity index is 680. The van der Waals surface area contributed by atoms with E-state index in [1.807, 2.05) is 44.3 Å². The van der Waals surface area contributed by atoms with E-state index in [1.54, 1.807) is 13.2 Å². The molecule has 2 aromatic rings. The fraction of sp³-hybridized carbons (Fsp3) is 0.409. The van der Waals surface area contributed by atoms with Crippen LogP contribution < -0.4 is 5.32 Å². The van der Waals surface area contributed by atoms with Gasteiger partial charge in [-0.05, 0) is 38.4 Å². The maximum atomic E-state index is 9.34. The Balaban J connectivity index is 0.000000490. The Morgan fingerprint density at radius 3 is 2.25 bits per heavy atom. The van der Waals surface area contributed by atoms with Crippen molar-refractivity contribution in [2.24, 2.45) is 0 Å². The molecule has 1 saturated heterocycles. The molecule has 0 aromatic carbocycles. The van der Waals surface area contributed by atoms with Crippen LogP contribution in [0.5, 0.6) is 0 Å². The third kappa shape index (κ3) is 7.58.